The molecule has 0 radical (unpaired) electrons. The van der Waals surface area contributed by atoms with Gasteiger partial charge in [0.15, 0.2) is 0 Å². The zero-order valence-corrected chi connectivity index (χ0v) is 12.8. The van der Waals surface area contributed by atoms with E-state index < -0.39 is 10.8 Å². The Morgan fingerprint density at radius 1 is 1.18 bits per heavy atom. The molecule has 0 saturated carbocycles. The van der Waals surface area contributed by atoms with E-state index in [2.05, 4.69) is 5.32 Å². The zero-order chi connectivity index (χ0) is 16.3. The van der Waals surface area contributed by atoms with Crippen LogP contribution in [0.2, 0.25) is 10.0 Å². The first kappa shape index (κ1) is 16.1. The first-order valence-electron chi connectivity index (χ1n) is 6.01. The molecule has 22 heavy (non-hydrogen) atoms. The van der Waals surface area contributed by atoms with E-state index in [0.717, 1.165) is 0 Å². The molecule has 2 aromatic rings. The van der Waals surface area contributed by atoms with Crippen molar-refractivity contribution in [2.75, 3.05) is 12.4 Å². The smallest absolute Gasteiger partial charge is 0.282 e. The number of halogens is 2. The van der Waals surface area contributed by atoms with E-state index in [1.165, 1.54) is 31.4 Å². The summed E-state index contributed by atoms with van der Waals surface area (Å²) in [6.07, 6.45) is 0. The largest absolute Gasteiger partial charge is 0.495 e. The molecule has 0 saturated heterocycles. The summed E-state index contributed by atoms with van der Waals surface area (Å²) in [7, 11) is 1.43. The van der Waals surface area contributed by atoms with Gasteiger partial charge in [-0.2, -0.15) is 0 Å². The Kier molecular flexibility index (Phi) is 4.85. The van der Waals surface area contributed by atoms with Crippen LogP contribution in [0.5, 0.6) is 5.75 Å². The Hall–Kier alpha value is -2.31. The maximum Gasteiger partial charge on any atom is 0.282 e. The molecule has 0 unspecified atom stereocenters. The molecule has 6 nitrogen and oxygen atoms in total. The quantitative estimate of drug-likeness (QED) is 0.669. The molecular formula is C14H10Cl2N2O4. The number of ether oxygens (including phenoxy) is 1. The molecular weight excluding hydrogens is 331 g/mol. The highest BCUT2D eigenvalue weighted by molar-refractivity contribution is 6.31. The molecule has 0 aliphatic carbocycles. The number of nitro benzene ring substituents is 1. The van der Waals surface area contributed by atoms with E-state index in [4.69, 9.17) is 27.9 Å². The van der Waals surface area contributed by atoms with Gasteiger partial charge in [-0.15, -0.1) is 0 Å². The fraction of sp³-hybridized carbons (Fsp3) is 0.0714. The van der Waals surface area contributed by atoms with Gasteiger partial charge in [0.05, 0.1) is 17.7 Å². The van der Waals surface area contributed by atoms with Crippen LogP contribution in [-0.2, 0) is 0 Å². The third-order valence-electron chi connectivity index (χ3n) is 2.81. The number of methoxy groups -OCH3 is 1. The van der Waals surface area contributed by atoms with Crippen molar-refractivity contribution >= 4 is 40.5 Å². The predicted molar refractivity (Wildman–Crippen MR) is 84.1 cm³/mol. The summed E-state index contributed by atoms with van der Waals surface area (Å²) in [6, 6.07) is 8.39. The van der Waals surface area contributed by atoms with Crippen LogP contribution in [0.15, 0.2) is 36.4 Å². The summed E-state index contributed by atoms with van der Waals surface area (Å²) >= 11 is 11.7. The van der Waals surface area contributed by atoms with Crippen molar-refractivity contribution in [3.8, 4) is 5.75 Å². The van der Waals surface area contributed by atoms with Crippen molar-refractivity contribution in [1.29, 1.82) is 0 Å². The van der Waals surface area contributed by atoms with E-state index >= 15 is 0 Å². The molecule has 0 aromatic heterocycles. The highest BCUT2D eigenvalue weighted by atomic mass is 35.5. The summed E-state index contributed by atoms with van der Waals surface area (Å²) in [5.74, 6) is -0.308. The van der Waals surface area contributed by atoms with Gasteiger partial charge in [-0.3, -0.25) is 14.9 Å². The number of carbonyl (C=O) groups is 1. The van der Waals surface area contributed by atoms with Crippen LogP contribution in [0.1, 0.15) is 10.4 Å². The Labute approximate surface area is 135 Å². The third-order valence-corrected chi connectivity index (χ3v) is 3.28. The van der Waals surface area contributed by atoms with Crippen molar-refractivity contribution in [1.82, 2.24) is 0 Å². The third kappa shape index (κ3) is 3.47. The minimum Gasteiger partial charge on any atom is -0.495 e. The molecule has 0 atom stereocenters. The average molecular weight is 341 g/mol. The number of nitro groups is 1. The summed E-state index contributed by atoms with van der Waals surface area (Å²) < 4.78 is 5.11. The van der Waals surface area contributed by atoms with Crippen LogP contribution in [-0.4, -0.2) is 17.9 Å². The molecule has 0 aliphatic heterocycles. The van der Waals surface area contributed by atoms with Gasteiger partial charge in [0.1, 0.15) is 11.3 Å². The number of carbonyl (C=O) groups excluding carboxylic acids is 1. The fourth-order valence-corrected chi connectivity index (χ4v) is 2.16. The van der Waals surface area contributed by atoms with Crippen molar-refractivity contribution in [2.45, 2.75) is 0 Å². The molecule has 0 spiro atoms. The number of hydrogen-bond acceptors (Lipinski definition) is 4. The minimum atomic E-state index is -0.685. The second-order valence-electron chi connectivity index (χ2n) is 4.22. The van der Waals surface area contributed by atoms with Gasteiger partial charge < -0.3 is 10.1 Å². The van der Waals surface area contributed by atoms with Crippen LogP contribution in [0.25, 0.3) is 0 Å². The van der Waals surface area contributed by atoms with Gasteiger partial charge in [0.25, 0.3) is 11.6 Å². The molecule has 0 aliphatic rings. The van der Waals surface area contributed by atoms with E-state index in [-0.39, 0.29) is 16.3 Å². The second kappa shape index (κ2) is 6.64. The van der Waals surface area contributed by atoms with Crippen LogP contribution in [0.3, 0.4) is 0 Å². The highest BCUT2D eigenvalue weighted by Gasteiger charge is 2.21. The van der Waals surface area contributed by atoms with Crippen LogP contribution >= 0.6 is 23.2 Å². The average Bonchev–Trinajstić information content (AvgIpc) is 2.47. The number of anilines is 1. The number of amides is 1. The van der Waals surface area contributed by atoms with Crippen molar-refractivity contribution in [3.05, 3.63) is 62.1 Å². The number of rotatable bonds is 4. The zero-order valence-electron chi connectivity index (χ0n) is 11.3. The maximum atomic E-state index is 12.3. The van der Waals surface area contributed by atoms with Crippen LogP contribution in [0.4, 0.5) is 11.4 Å². The molecule has 0 heterocycles. The van der Waals surface area contributed by atoms with Gasteiger partial charge in [0.2, 0.25) is 0 Å². The number of nitrogens with zero attached hydrogens (tertiary/aromatic N) is 1. The molecule has 0 fully saturated rings. The Balaban J connectivity index is 2.40. The standard InChI is InChI=1S/C14H10Cl2N2O4/c1-22-13-5-3-9(16)7-11(13)17-14(19)10-6-8(15)2-4-12(10)18(20)21/h2-7H,1H3,(H,17,19). The molecule has 1 N–H and O–H groups in total. The maximum absolute atomic E-state index is 12.3. The fourth-order valence-electron chi connectivity index (χ4n) is 1.82. The Bertz CT molecular complexity index is 750. The van der Waals surface area contributed by atoms with E-state index in [1.807, 2.05) is 0 Å². The van der Waals surface area contributed by atoms with Crippen molar-refractivity contribution in [3.63, 3.8) is 0 Å². The van der Waals surface area contributed by atoms with E-state index in [0.29, 0.717) is 16.5 Å². The van der Waals surface area contributed by atoms with Gasteiger partial charge in [-0.25, -0.2) is 0 Å². The normalized spacial score (nSPS) is 10.1. The lowest BCUT2D eigenvalue weighted by Gasteiger charge is -2.11. The number of benzene rings is 2. The SMILES string of the molecule is COc1ccc(Cl)cc1NC(=O)c1cc(Cl)ccc1[N+](=O)[O-]. The van der Waals surface area contributed by atoms with Crippen LogP contribution in [0, 0.1) is 10.1 Å². The van der Waals surface area contributed by atoms with Gasteiger partial charge in [-0.05, 0) is 30.3 Å². The highest BCUT2D eigenvalue weighted by Crippen LogP contribution is 2.29. The number of hydrogen-bond donors (Lipinski definition) is 1. The lowest BCUT2D eigenvalue weighted by Crippen LogP contribution is -2.14. The summed E-state index contributed by atoms with van der Waals surface area (Å²) in [6.45, 7) is 0. The molecule has 114 valence electrons. The topological polar surface area (TPSA) is 81.5 Å². The van der Waals surface area contributed by atoms with Gasteiger partial charge >= 0.3 is 0 Å². The second-order valence-corrected chi connectivity index (χ2v) is 5.09. The molecule has 8 heteroatoms. The van der Waals surface area contributed by atoms with Gasteiger partial charge in [-0.1, -0.05) is 23.2 Å². The monoisotopic (exact) mass is 340 g/mol. The van der Waals surface area contributed by atoms with Crippen LogP contribution < -0.4 is 10.1 Å². The minimum absolute atomic E-state index is 0.153. The number of nitrogens with one attached hydrogen (secondary N) is 1. The summed E-state index contributed by atoms with van der Waals surface area (Å²) in [4.78, 5) is 22.6. The van der Waals surface area contributed by atoms with E-state index in [1.54, 1.807) is 12.1 Å². The predicted octanol–water partition coefficient (Wildman–Crippen LogP) is 4.16. The Morgan fingerprint density at radius 2 is 1.82 bits per heavy atom. The van der Waals surface area contributed by atoms with E-state index in [9.17, 15) is 14.9 Å². The molecule has 0 bridgehead atoms. The first-order valence-corrected chi connectivity index (χ1v) is 6.77. The lowest BCUT2D eigenvalue weighted by molar-refractivity contribution is -0.385. The Morgan fingerprint density at radius 3 is 2.45 bits per heavy atom. The molecule has 2 rings (SSSR count). The summed E-state index contributed by atoms with van der Waals surface area (Å²) in [5.41, 5.74) is -0.198. The molecule has 2 aromatic carbocycles. The van der Waals surface area contributed by atoms with Crippen molar-refractivity contribution in [2.24, 2.45) is 0 Å². The van der Waals surface area contributed by atoms with Gasteiger partial charge in [0, 0.05) is 16.1 Å². The lowest BCUT2D eigenvalue weighted by atomic mass is 10.1. The summed E-state index contributed by atoms with van der Waals surface area (Å²) in [5, 5.41) is 14.1. The molecule has 1 amide bonds. The van der Waals surface area contributed by atoms with Crippen molar-refractivity contribution < 1.29 is 14.5 Å². The first-order chi connectivity index (χ1) is 10.4.